The van der Waals surface area contributed by atoms with Crippen LogP contribution in [-0.4, -0.2) is 105 Å². The third kappa shape index (κ3) is 15.1. The number of Topliss-reactive ketones (excluding diaryl/α,β-unsaturated/α-hetero) is 1. The van der Waals surface area contributed by atoms with Crippen molar-refractivity contribution < 1.29 is 14.4 Å². The number of nitrogens with zero attached hydrogens (tertiary/aromatic N) is 2. The lowest BCUT2D eigenvalue weighted by molar-refractivity contribution is -0.124. The van der Waals surface area contributed by atoms with Gasteiger partial charge in [-0.15, -0.1) is 0 Å². The summed E-state index contributed by atoms with van der Waals surface area (Å²) in [5.74, 6) is -1.47. The first-order valence-electron chi connectivity index (χ1n) is 19.6. The fourth-order valence-corrected chi connectivity index (χ4v) is 7.82. The van der Waals surface area contributed by atoms with Crippen molar-refractivity contribution in [3.63, 3.8) is 0 Å². The van der Waals surface area contributed by atoms with Crippen LogP contribution in [-0.2, 0) is 9.59 Å². The minimum absolute atomic E-state index is 0.00600. The number of nitrogens with one attached hydrogen (secondary N) is 6. The molecule has 1 unspecified atom stereocenters. The van der Waals surface area contributed by atoms with Gasteiger partial charge in [0, 0.05) is 93.8 Å². The zero-order valence-electron chi connectivity index (χ0n) is 32.7. The van der Waals surface area contributed by atoms with Crippen LogP contribution in [0.1, 0.15) is 96.3 Å². The van der Waals surface area contributed by atoms with Gasteiger partial charge in [0.05, 0.1) is 5.69 Å². The molecule has 1 aromatic rings. The predicted molar refractivity (Wildman–Crippen MR) is 210 cm³/mol. The summed E-state index contributed by atoms with van der Waals surface area (Å²) in [5, 5.41) is 18.3. The van der Waals surface area contributed by atoms with Crippen molar-refractivity contribution in [2.75, 3.05) is 46.3 Å². The second-order valence-corrected chi connectivity index (χ2v) is 15.8. The van der Waals surface area contributed by atoms with E-state index in [-0.39, 0.29) is 60.2 Å². The van der Waals surface area contributed by atoms with Crippen LogP contribution in [0, 0.1) is 23.7 Å². The van der Waals surface area contributed by atoms with E-state index >= 15 is 0 Å². The Balaban J connectivity index is 1.58. The van der Waals surface area contributed by atoms with E-state index in [9.17, 15) is 14.4 Å². The lowest BCUT2D eigenvalue weighted by Crippen LogP contribution is -2.54. The van der Waals surface area contributed by atoms with Crippen LogP contribution in [0.5, 0.6) is 0 Å². The van der Waals surface area contributed by atoms with Gasteiger partial charge >= 0.3 is 0 Å². The molecular weight excluding hydrogens is 656 g/mol. The number of aliphatic imine (C=N–C) groups is 1. The Morgan fingerprint density at radius 1 is 0.981 bits per heavy atom. The molecule has 1 aliphatic carbocycles. The molecule has 3 rings (SSSR count). The van der Waals surface area contributed by atoms with Crippen LogP contribution < -0.4 is 43.8 Å². The average molecular weight is 726 g/mol. The first-order valence-corrected chi connectivity index (χ1v) is 19.6. The molecule has 2 fully saturated rings. The molecule has 1 heterocycles. The highest BCUT2D eigenvalue weighted by Gasteiger charge is 2.30. The third-order valence-corrected chi connectivity index (χ3v) is 11.3. The molecule has 0 aromatic heterocycles. The van der Waals surface area contributed by atoms with Crippen molar-refractivity contribution in [3.05, 3.63) is 29.8 Å². The second-order valence-electron chi connectivity index (χ2n) is 15.8. The molecule has 2 aliphatic rings. The van der Waals surface area contributed by atoms with Crippen LogP contribution in [0.3, 0.4) is 0 Å². The van der Waals surface area contributed by atoms with E-state index < -0.39 is 5.91 Å². The molecular formula is C39H69N10O3. The van der Waals surface area contributed by atoms with E-state index in [1.165, 1.54) is 19.3 Å². The van der Waals surface area contributed by atoms with E-state index in [0.717, 1.165) is 45.6 Å². The van der Waals surface area contributed by atoms with E-state index in [0.29, 0.717) is 48.4 Å². The summed E-state index contributed by atoms with van der Waals surface area (Å²) in [7, 11) is 2.18. The Hall–Kier alpha value is -3.10. The van der Waals surface area contributed by atoms with Crippen LogP contribution in [0.4, 0.5) is 5.69 Å². The van der Waals surface area contributed by atoms with Crippen molar-refractivity contribution in [1.82, 2.24) is 37.2 Å². The monoisotopic (exact) mass is 726 g/mol. The van der Waals surface area contributed by atoms with Gasteiger partial charge in [-0.3, -0.25) is 20.1 Å². The van der Waals surface area contributed by atoms with Crippen molar-refractivity contribution in [2.24, 2.45) is 40.1 Å². The van der Waals surface area contributed by atoms with E-state index in [4.69, 9.17) is 17.2 Å². The topological polar surface area (TPSA) is 203 Å². The highest BCUT2D eigenvalue weighted by Crippen LogP contribution is 2.32. The van der Waals surface area contributed by atoms with Crippen molar-refractivity contribution >= 4 is 29.2 Å². The van der Waals surface area contributed by atoms with E-state index in [1.54, 1.807) is 24.3 Å². The molecule has 0 spiro atoms. The molecule has 10 N–H and O–H groups in total. The number of hydrogen-bond donors (Lipinski definition) is 7. The lowest BCUT2D eigenvalue weighted by atomic mass is 9.75. The molecule has 1 radical (unpaired) electrons. The molecule has 9 atom stereocenters. The summed E-state index contributed by atoms with van der Waals surface area (Å²) in [4.78, 5) is 45.1. The first kappa shape index (κ1) is 43.3. The molecule has 1 saturated heterocycles. The van der Waals surface area contributed by atoms with Gasteiger partial charge in [-0.2, -0.15) is 0 Å². The maximum atomic E-state index is 13.3. The van der Waals surface area contributed by atoms with Gasteiger partial charge in [0.15, 0.2) is 11.7 Å². The summed E-state index contributed by atoms with van der Waals surface area (Å²) in [6, 6.07) is 8.74. The van der Waals surface area contributed by atoms with Crippen LogP contribution in [0.15, 0.2) is 29.3 Å². The van der Waals surface area contributed by atoms with Crippen LogP contribution in [0.2, 0.25) is 0 Å². The number of ketones is 1. The van der Waals surface area contributed by atoms with Gasteiger partial charge in [-0.05, 0) is 76.5 Å². The Morgan fingerprint density at radius 2 is 1.67 bits per heavy atom. The normalized spacial score (nSPS) is 26.3. The first-order chi connectivity index (χ1) is 24.7. The second kappa shape index (κ2) is 22.2. The standard InChI is InChI=1S/C39H69N10O3/c1-25(18-26(2)38(52)30-10-9-11-32(19-30)48-39(41)42)29(5)31(20-36(40)50)21-37(51)45-15-14-33-23-47-35-13-8-7-12-34(35)44-17-16-43-27(3)24-49(6)28(4)22-46-33/h9-11,19,25-29,31,33-35,40,43-44,46-47H,7-8,12-18,20-24H2,1-6H3,(H,45,51)(H4,41,42,48)/t25-,26-,27-,28+,29-,31?,33-,34+,35+/m0/s1. The number of hydrogen-bond acceptors (Lipinski definition) is 9. The van der Waals surface area contributed by atoms with Crippen molar-refractivity contribution in [1.29, 1.82) is 0 Å². The predicted octanol–water partition coefficient (Wildman–Crippen LogP) is 2.55. The van der Waals surface area contributed by atoms with E-state index in [2.05, 4.69) is 64.3 Å². The van der Waals surface area contributed by atoms with Crippen LogP contribution >= 0.6 is 0 Å². The Kier molecular flexibility index (Phi) is 18.5. The van der Waals surface area contributed by atoms with Crippen molar-refractivity contribution in [3.8, 4) is 0 Å². The number of carbonyl (C=O) groups is 3. The number of nitrogens with two attached hydrogens (primary N) is 2. The zero-order chi connectivity index (χ0) is 38.2. The molecule has 293 valence electrons. The number of amides is 2. The van der Waals surface area contributed by atoms with Gasteiger partial charge in [0.1, 0.15) is 0 Å². The number of rotatable bonds is 14. The van der Waals surface area contributed by atoms with Crippen molar-refractivity contribution in [2.45, 2.75) is 116 Å². The number of fused-ring (bicyclic) bond motifs is 1. The maximum absolute atomic E-state index is 13.3. The minimum atomic E-state index is -0.678. The number of guanidine groups is 1. The Labute approximate surface area is 312 Å². The largest absolute Gasteiger partial charge is 0.370 e. The summed E-state index contributed by atoms with van der Waals surface area (Å²) in [6.45, 7) is 15.5. The average Bonchev–Trinajstić information content (AvgIpc) is 3.09. The summed E-state index contributed by atoms with van der Waals surface area (Å²) >= 11 is 0. The quantitative estimate of drug-likeness (QED) is 0.0849. The molecule has 13 heteroatoms. The van der Waals surface area contributed by atoms with E-state index in [1.807, 2.05) is 13.8 Å². The zero-order valence-corrected chi connectivity index (χ0v) is 32.7. The molecule has 52 heavy (non-hydrogen) atoms. The van der Waals surface area contributed by atoms with Gasteiger partial charge in [-0.1, -0.05) is 45.7 Å². The van der Waals surface area contributed by atoms with Gasteiger partial charge in [0.2, 0.25) is 11.8 Å². The number of likely N-dealkylation sites (N-methyl/N-ethyl adjacent to an activating group) is 1. The third-order valence-electron chi connectivity index (χ3n) is 11.3. The lowest BCUT2D eigenvalue weighted by Gasteiger charge is -2.34. The summed E-state index contributed by atoms with van der Waals surface area (Å²) in [5.41, 5.74) is 19.8. The highest BCUT2D eigenvalue weighted by molar-refractivity contribution is 5.98. The molecule has 1 aliphatic heterocycles. The minimum Gasteiger partial charge on any atom is -0.370 e. The summed E-state index contributed by atoms with van der Waals surface area (Å²) in [6.07, 6.45) is 6.37. The smallest absolute Gasteiger partial charge is 0.238 e. The van der Waals surface area contributed by atoms with Gasteiger partial charge < -0.3 is 43.0 Å². The fourth-order valence-electron chi connectivity index (χ4n) is 7.82. The molecule has 1 aromatic carbocycles. The molecule has 1 saturated carbocycles. The Bertz CT molecular complexity index is 1290. The van der Waals surface area contributed by atoms with Gasteiger partial charge in [-0.25, -0.2) is 4.99 Å². The summed E-state index contributed by atoms with van der Waals surface area (Å²) < 4.78 is 0. The SMILES string of the molecule is C[C@H](C(CC([NH])=O)CC(=O)NCC[C@H]1CN[C@@H]2CCCC[C@H]2NCCN[C@@H](C)CN(C)[C@H](C)CN1)[C@@H](C)C[C@H](C)C(=O)c1cccc(N=C(N)N)c1. The maximum Gasteiger partial charge on any atom is 0.238 e. The molecule has 0 bridgehead atoms. The number of carbonyl (C=O) groups excluding carboxylic acids is 3. The molecule has 2 amide bonds. The van der Waals surface area contributed by atoms with Crippen LogP contribution in [0.25, 0.3) is 0 Å². The highest BCUT2D eigenvalue weighted by atomic mass is 16.2. The Morgan fingerprint density at radius 3 is 2.37 bits per heavy atom. The van der Waals surface area contributed by atoms with Gasteiger partial charge in [0.25, 0.3) is 0 Å². The fraction of sp³-hybridized carbons (Fsp3) is 0.744. The number of benzene rings is 1. The molecule has 13 nitrogen and oxygen atoms in total.